The lowest BCUT2D eigenvalue weighted by molar-refractivity contribution is -0.137. The van der Waals surface area contributed by atoms with Crippen LogP contribution < -0.4 is 5.73 Å². The summed E-state index contributed by atoms with van der Waals surface area (Å²) in [5.74, 6) is -0.159. The fraction of sp³-hybridized carbons (Fsp3) is 0.909. The van der Waals surface area contributed by atoms with Gasteiger partial charge in [0.25, 0.3) is 0 Å². The van der Waals surface area contributed by atoms with Gasteiger partial charge in [0.2, 0.25) is 5.91 Å². The van der Waals surface area contributed by atoms with Crippen molar-refractivity contribution in [1.29, 1.82) is 0 Å². The topological polar surface area (TPSA) is 75.8 Å². The third kappa shape index (κ3) is 3.17. The molecule has 0 bridgehead atoms. The lowest BCUT2D eigenvalue weighted by Gasteiger charge is -2.36. The van der Waals surface area contributed by atoms with Crippen LogP contribution in [0.4, 0.5) is 0 Å². The molecule has 0 radical (unpaired) electrons. The van der Waals surface area contributed by atoms with E-state index in [1.165, 1.54) is 7.11 Å². The van der Waals surface area contributed by atoms with E-state index in [1.54, 1.807) is 11.9 Å². The minimum atomic E-state index is -0.635. The highest BCUT2D eigenvalue weighted by molar-refractivity contribution is 5.81. The summed E-state index contributed by atoms with van der Waals surface area (Å²) in [5.41, 5.74) is 5.68. The molecule has 1 aliphatic carbocycles. The number of nitrogens with zero attached hydrogens (tertiary/aromatic N) is 1. The molecule has 94 valence electrons. The van der Waals surface area contributed by atoms with Crippen LogP contribution in [0, 0.1) is 0 Å². The second-order valence-electron chi connectivity index (χ2n) is 4.43. The zero-order valence-electron chi connectivity index (χ0n) is 10.1. The minimum Gasteiger partial charge on any atom is -0.391 e. The van der Waals surface area contributed by atoms with E-state index in [0.717, 1.165) is 25.7 Å². The van der Waals surface area contributed by atoms with Crippen molar-refractivity contribution in [3.63, 3.8) is 0 Å². The lowest BCUT2D eigenvalue weighted by Crippen LogP contribution is -2.52. The third-order valence-electron chi connectivity index (χ3n) is 3.20. The van der Waals surface area contributed by atoms with Crippen molar-refractivity contribution in [3.8, 4) is 0 Å². The highest BCUT2D eigenvalue weighted by atomic mass is 16.5. The van der Waals surface area contributed by atoms with Crippen LogP contribution >= 0.6 is 0 Å². The van der Waals surface area contributed by atoms with Crippen LogP contribution in [0.3, 0.4) is 0 Å². The molecule has 1 aliphatic rings. The van der Waals surface area contributed by atoms with Gasteiger partial charge in [-0.25, -0.2) is 0 Å². The summed E-state index contributed by atoms with van der Waals surface area (Å²) < 4.78 is 4.85. The molecule has 1 fully saturated rings. The summed E-state index contributed by atoms with van der Waals surface area (Å²) in [6.45, 7) is 0.214. The number of nitrogens with two attached hydrogens (primary N) is 1. The molecule has 5 heteroatoms. The van der Waals surface area contributed by atoms with Gasteiger partial charge in [-0.05, 0) is 12.8 Å². The summed E-state index contributed by atoms with van der Waals surface area (Å²) in [6, 6.07) is -0.728. The highest BCUT2D eigenvalue weighted by Crippen LogP contribution is 2.22. The predicted molar refractivity (Wildman–Crippen MR) is 60.9 cm³/mol. The van der Waals surface area contributed by atoms with Gasteiger partial charge in [-0.1, -0.05) is 12.8 Å². The molecule has 16 heavy (non-hydrogen) atoms. The zero-order chi connectivity index (χ0) is 12.1. The van der Waals surface area contributed by atoms with Gasteiger partial charge in [-0.3, -0.25) is 4.79 Å². The number of carbonyl (C=O) groups excluding carboxylic acids is 1. The SMILES string of the molecule is COCC(N)C(=O)N(C)C1CCCCC1O. The third-order valence-corrected chi connectivity index (χ3v) is 3.20. The molecule has 0 spiro atoms. The maximum absolute atomic E-state index is 11.9. The molecule has 1 amide bonds. The average molecular weight is 230 g/mol. The van der Waals surface area contributed by atoms with Crippen molar-refractivity contribution < 1.29 is 14.6 Å². The standard InChI is InChI=1S/C11H22N2O3/c1-13(11(15)8(12)7-16-2)9-5-3-4-6-10(9)14/h8-10,14H,3-7,12H2,1-2H3. The summed E-state index contributed by atoms with van der Waals surface area (Å²) in [7, 11) is 3.22. The molecule has 0 aromatic carbocycles. The van der Waals surface area contributed by atoms with E-state index in [9.17, 15) is 9.90 Å². The molecule has 0 saturated heterocycles. The first-order valence-electron chi connectivity index (χ1n) is 5.77. The second kappa shape index (κ2) is 6.18. The van der Waals surface area contributed by atoms with Crippen molar-refractivity contribution in [3.05, 3.63) is 0 Å². The van der Waals surface area contributed by atoms with Crippen molar-refractivity contribution in [1.82, 2.24) is 4.90 Å². The van der Waals surface area contributed by atoms with Gasteiger partial charge in [-0.15, -0.1) is 0 Å². The molecular weight excluding hydrogens is 208 g/mol. The number of hydrogen-bond donors (Lipinski definition) is 2. The lowest BCUT2D eigenvalue weighted by atomic mass is 9.91. The number of likely N-dealkylation sites (N-methyl/N-ethyl adjacent to an activating group) is 1. The van der Waals surface area contributed by atoms with E-state index < -0.39 is 12.1 Å². The number of hydrogen-bond acceptors (Lipinski definition) is 4. The Labute approximate surface area is 96.6 Å². The summed E-state index contributed by atoms with van der Waals surface area (Å²) in [5, 5.41) is 9.83. The van der Waals surface area contributed by atoms with Crippen molar-refractivity contribution in [2.75, 3.05) is 20.8 Å². The number of amides is 1. The maximum Gasteiger partial charge on any atom is 0.241 e. The molecule has 0 heterocycles. The first-order valence-corrected chi connectivity index (χ1v) is 5.77. The predicted octanol–water partition coefficient (Wildman–Crippen LogP) is -0.278. The van der Waals surface area contributed by atoms with Gasteiger partial charge in [0.15, 0.2) is 0 Å². The van der Waals surface area contributed by atoms with E-state index in [-0.39, 0.29) is 18.6 Å². The fourth-order valence-electron chi connectivity index (χ4n) is 2.22. The number of methoxy groups -OCH3 is 1. The molecule has 3 N–H and O–H groups in total. The van der Waals surface area contributed by atoms with Crippen LogP contribution in [-0.4, -0.2) is 54.9 Å². The van der Waals surface area contributed by atoms with E-state index in [4.69, 9.17) is 10.5 Å². The normalized spacial score (nSPS) is 27.5. The molecule has 3 unspecified atom stereocenters. The number of carbonyl (C=O) groups is 1. The van der Waals surface area contributed by atoms with Crippen LogP contribution in [0.25, 0.3) is 0 Å². The Balaban J connectivity index is 2.54. The van der Waals surface area contributed by atoms with E-state index >= 15 is 0 Å². The van der Waals surface area contributed by atoms with E-state index in [1.807, 2.05) is 0 Å². The molecule has 1 rings (SSSR count). The first-order chi connectivity index (χ1) is 7.57. The Kier molecular flexibility index (Phi) is 5.18. The van der Waals surface area contributed by atoms with Gasteiger partial charge in [0.05, 0.1) is 18.8 Å². The van der Waals surface area contributed by atoms with Crippen LogP contribution in [0.15, 0.2) is 0 Å². The molecule has 0 aromatic heterocycles. The van der Waals surface area contributed by atoms with Crippen LogP contribution in [-0.2, 0) is 9.53 Å². The zero-order valence-corrected chi connectivity index (χ0v) is 10.1. The van der Waals surface area contributed by atoms with Gasteiger partial charge in [-0.2, -0.15) is 0 Å². The second-order valence-corrected chi connectivity index (χ2v) is 4.43. The van der Waals surface area contributed by atoms with Gasteiger partial charge in [0.1, 0.15) is 6.04 Å². The highest BCUT2D eigenvalue weighted by Gasteiger charge is 2.31. The Bertz CT molecular complexity index is 235. The molecule has 3 atom stereocenters. The summed E-state index contributed by atoms with van der Waals surface area (Å²) in [4.78, 5) is 13.5. The number of ether oxygens (including phenoxy) is 1. The monoisotopic (exact) mass is 230 g/mol. The largest absolute Gasteiger partial charge is 0.391 e. The van der Waals surface area contributed by atoms with Crippen molar-refractivity contribution >= 4 is 5.91 Å². The number of rotatable bonds is 4. The Hall–Kier alpha value is -0.650. The van der Waals surface area contributed by atoms with Crippen molar-refractivity contribution in [2.24, 2.45) is 5.73 Å². The van der Waals surface area contributed by atoms with E-state index in [0.29, 0.717) is 0 Å². The smallest absolute Gasteiger partial charge is 0.241 e. The molecule has 1 saturated carbocycles. The maximum atomic E-state index is 11.9. The van der Waals surface area contributed by atoms with Gasteiger partial charge < -0.3 is 20.5 Å². The molecule has 5 nitrogen and oxygen atoms in total. The number of aliphatic hydroxyl groups excluding tert-OH is 1. The molecular formula is C11H22N2O3. The Morgan fingerprint density at radius 2 is 2.19 bits per heavy atom. The summed E-state index contributed by atoms with van der Waals surface area (Å²) >= 11 is 0. The minimum absolute atomic E-state index is 0.0934. The Morgan fingerprint density at radius 3 is 2.75 bits per heavy atom. The molecule has 0 aromatic rings. The first kappa shape index (κ1) is 13.4. The average Bonchev–Trinajstić information content (AvgIpc) is 2.28. The van der Waals surface area contributed by atoms with Gasteiger partial charge in [0, 0.05) is 14.2 Å². The Morgan fingerprint density at radius 1 is 1.56 bits per heavy atom. The number of aliphatic hydroxyl groups is 1. The van der Waals surface area contributed by atoms with Crippen LogP contribution in [0.5, 0.6) is 0 Å². The molecule has 0 aliphatic heterocycles. The van der Waals surface area contributed by atoms with Gasteiger partial charge >= 0.3 is 0 Å². The quantitative estimate of drug-likeness (QED) is 0.696. The fourth-order valence-corrected chi connectivity index (χ4v) is 2.22. The summed E-state index contributed by atoms with van der Waals surface area (Å²) in [6.07, 6.45) is 3.28. The van der Waals surface area contributed by atoms with Crippen molar-refractivity contribution in [2.45, 2.75) is 43.9 Å². The van der Waals surface area contributed by atoms with Crippen LogP contribution in [0.1, 0.15) is 25.7 Å². The van der Waals surface area contributed by atoms with Crippen LogP contribution in [0.2, 0.25) is 0 Å². The van der Waals surface area contributed by atoms with E-state index in [2.05, 4.69) is 0 Å².